The number of benzene rings is 1. The van der Waals surface area contributed by atoms with Crippen LogP contribution >= 0.6 is 0 Å². The number of fused-ring (bicyclic) bond motifs is 1. The summed E-state index contributed by atoms with van der Waals surface area (Å²) in [6.07, 6.45) is -1.14. The molecular formula is C13H15N2O5+. The average molecular weight is 279 g/mol. The second kappa shape index (κ2) is 4.93. The highest BCUT2D eigenvalue weighted by Crippen LogP contribution is 2.36. The molecule has 1 aliphatic rings. The summed E-state index contributed by atoms with van der Waals surface area (Å²) in [6, 6.07) is 4.65. The second-order valence-corrected chi connectivity index (χ2v) is 4.20. The zero-order valence-electron chi connectivity index (χ0n) is 11.4. The van der Waals surface area contributed by atoms with Gasteiger partial charge < -0.3 is 14.6 Å². The summed E-state index contributed by atoms with van der Waals surface area (Å²) in [5.74, 6) is -0.293. The monoisotopic (exact) mass is 279 g/mol. The predicted molar refractivity (Wildman–Crippen MR) is 71.7 cm³/mol. The van der Waals surface area contributed by atoms with E-state index in [0.29, 0.717) is 11.3 Å². The fourth-order valence-electron chi connectivity index (χ4n) is 2.20. The summed E-state index contributed by atoms with van der Waals surface area (Å²) in [4.78, 5) is 23.2. The number of methoxy groups -OCH3 is 2. The van der Waals surface area contributed by atoms with Crippen molar-refractivity contribution in [2.45, 2.75) is 6.92 Å². The fourth-order valence-corrected chi connectivity index (χ4v) is 2.20. The van der Waals surface area contributed by atoms with Gasteiger partial charge in [-0.25, -0.2) is 4.79 Å². The first kappa shape index (κ1) is 14.0. The molecule has 20 heavy (non-hydrogen) atoms. The van der Waals surface area contributed by atoms with Crippen molar-refractivity contribution in [3.8, 4) is 0 Å². The molecule has 0 bridgehead atoms. The SMILES string of the molecule is CC[N+]1(C(=O)O)N=C(OC)c2ccc(C(=O)OC)cc21. The maximum atomic E-state index is 11.6. The highest BCUT2D eigenvalue weighted by Gasteiger charge is 2.48. The number of esters is 1. The van der Waals surface area contributed by atoms with Gasteiger partial charge in [0.25, 0.3) is 5.90 Å². The summed E-state index contributed by atoms with van der Waals surface area (Å²) >= 11 is 0. The van der Waals surface area contributed by atoms with Crippen molar-refractivity contribution in [2.75, 3.05) is 20.8 Å². The number of ether oxygens (including phenoxy) is 2. The third-order valence-corrected chi connectivity index (χ3v) is 3.28. The maximum Gasteiger partial charge on any atom is 0.546 e. The topological polar surface area (TPSA) is 85.2 Å². The molecular weight excluding hydrogens is 264 g/mol. The number of carbonyl (C=O) groups is 2. The first-order valence-electron chi connectivity index (χ1n) is 5.99. The summed E-state index contributed by atoms with van der Waals surface area (Å²) in [7, 11) is 2.69. The van der Waals surface area contributed by atoms with Crippen molar-refractivity contribution in [1.82, 2.24) is 4.59 Å². The number of hydrogen-bond acceptors (Lipinski definition) is 5. The van der Waals surface area contributed by atoms with Gasteiger partial charge in [-0.05, 0) is 24.2 Å². The Hall–Kier alpha value is -2.41. The first-order valence-corrected chi connectivity index (χ1v) is 5.99. The lowest BCUT2D eigenvalue weighted by Crippen LogP contribution is -2.47. The maximum absolute atomic E-state index is 11.6. The van der Waals surface area contributed by atoms with E-state index >= 15 is 0 Å². The van der Waals surface area contributed by atoms with Gasteiger partial charge in [0, 0.05) is 6.07 Å². The average Bonchev–Trinajstić information content (AvgIpc) is 2.80. The summed E-state index contributed by atoms with van der Waals surface area (Å²) in [5.41, 5.74) is 1.22. The molecule has 1 N–H and O–H groups in total. The van der Waals surface area contributed by atoms with Crippen LogP contribution in [0.1, 0.15) is 22.8 Å². The Kier molecular flexibility index (Phi) is 3.46. The lowest BCUT2D eigenvalue weighted by molar-refractivity contribution is 0.0600. The largest absolute Gasteiger partial charge is 0.546 e. The van der Waals surface area contributed by atoms with Crippen LogP contribution in [0.3, 0.4) is 0 Å². The van der Waals surface area contributed by atoms with Crippen LogP contribution in [0.5, 0.6) is 0 Å². The van der Waals surface area contributed by atoms with Crippen molar-refractivity contribution in [2.24, 2.45) is 5.10 Å². The normalized spacial score (nSPS) is 20.1. The number of carboxylic acid groups (broad SMARTS) is 1. The van der Waals surface area contributed by atoms with E-state index in [1.165, 1.54) is 20.3 Å². The molecule has 0 saturated heterocycles. The van der Waals surface area contributed by atoms with Crippen LogP contribution in [0.15, 0.2) is 23.3 Å². The second-order valence-electron chi connectivity index (χ2n) is 4.20. The molecule has 1 atom stereocenters. The number of rotatable bonds is 2. The van der Waals surface area contributed by atoms with Crippen molar-refractivity contribution < 1.29 is 24.2 Å². The number of nitrogens with zero attached hydrogens (tertiary/aromatic N) is 2. The van der Waals surface area contributed by atoms with Gasteiger partial charge in [0.05, 0.1) is 19.8 Å². The van der Waals surface area contributed by atoms with Crippen LogP contribution < -0.4 is 4.59 Å². The fraction of sp³-hybridized carbons (Fsp3) is 0.308. The minimum atomic E-state index is -1.14. The van der Waals surface area contributed by atoms with Crippen LogP contribution in [-0.2, 0) is 9.47 Å². The van der Waals surface area contributed by atoms with E-state index in [0.717, 1.165) is 0 Å². The van der Waals surface area contributed by atoms with Crippen molar-refractivity contribution in [3.05, 3.63) is 29.3 Å². The number of carbonyl (C=O) groups excluding carboxylic acids is 1. The zero-order valence-corrected chi connectivity index (χ0v) is 11.4. The summed E-state index contributed by atoms with van der Waals surface area (Å²) < 4.78 is 9.13. The van der Waals surface area contributed by atoms with E-state index in [1.807, 2.05) is 0 Å². The molecule has 0 fully saturated rings. The molecule has 0 aromatic heterocycles. The zero-order chi connectivity index (χ0) is 14.9. The smallest absolute Gasteiger partial charge is 0.477 e. The van der Waals surface area contributed by atoms with E-state index in [2.05, 4.69) is 9.84 Å². The van der Waals surface area contributed by atoms with Gasteiger partial charge in [-0.15, -0.1) is 0 Å². The van der Waals surface area contributed by atoms with E-state index in [1.54, 1.807) is 19.1 Å². The number of amides is 1. The molecule has 1 aliphatic heterocycles. The Bertz CT molecular complexity index is 611. The van der Waals surface area contributed by atoms with Crippen LogP contribution in [-0.4, -0.2) is 43.8 Å². The van der Waals surface area contributed by atoms with Crippen LogP contribution in [0.2, 0.25) is 0 Å². The quantitative estimate of drug-likeness (QED) is 0.659. The van der Waals surface area contributed by atoms with E-state index < -0.39 is 16.7 Å². The molecule has 1 aromatic rings. The van der Waals surface area contributed by atoms with Gasteiger partial charge in [0.15, 0.2) is 5.69 Å². The first-order chi connectivity index (χ1) is 9.50. The molecule has 1 amide bonds. The van der Waals surface area contributed by atoms with Gasteiger partial charge in [-0.2, -0.15) is 4.79 Å². The molecule has 0 radical (unpaired) electrons. The van der Waals surface area contributed by atoms with E-state index in [-0.39, 0.29) is 18.0 Å². The van der Waals surface area contributed by atoms with Crippen molar-refractivity contribution in [3.63, 3.8) is 0 Å². The minimum Gasteiger partial charge on any atom is -0.477 e. The van der Waals surface area contributed by atoms with Gasteiger partial charge in [-0.1, -0.05) is 4.59 Å². The third-order valence-electron chi connectivity index (χ3n) is 3.28. The molecule has 106 valence electrons. The molecule has 7 nitrogen and oxygen atoms in total. The molecule has 1 aromatic carbocycles. The number of hydrogen-bond donors (Lipinski definition) is 1. The van der Waals surface area contributed by atoms with E-state index in [4.69, 9.17) is 4.74 Å². The van der Waals surface area contributed by atoms with E-state index in [9.17, 15) is 14.7 Å². The lowest BCUT2D eigenvalue weighted by Gasteiger charge is -2.20. The lowest BCUT2D eigenvalue weighted by atomic mass is 10.1. The summed E-state index contributed by atoms with van der Waals surface area (Å²) in [6.45, 7) is 1.89. The standard InChI is InChI=1S/C13H14N2O5/c1-4-15(13(17)18)10-7-8(12(16)20-3)5-6-9(10)11(14-15)19-2/h5-7H,4H2,1-3H3/p+1. The van der Waals surface area contributed by atoms with Crippen molar-refractivity contribution >= 4 is 23.6 Å². The van der Waals surface area contributed by atoms with Gasteiger partial charge >= 0.3 is 12.1 Å². The highest BCUT2D eigenvalue weighted by molar-refractivity contribution is 6.07. The van der Waals surface area contributed by atoms with Gasteiger partial charge in [0.2, 0.25) is 0 Å². The van der Waals surface area contributed by atoms with Crippen molar-refractivity contribution in [1.29, 1.82) is 0 Å². The number of quaternary nitrogens is 1. The Labute approximate surface area is 115 Å². The Morgan fingerprint density at radius 1 is 1.35 bits per heavy atom. The Morgan fingerprint density at radius 2 is 2.05 bits per heavy atom. The van der Waals surface area contributed by atoms with Gasteiger partial charge in [0.1, 0.15) is 12.1 Å². The van der Waals surface area contributed by atoms with Crippen LogP contribution in [0.4, 0.5) is 10.5 Å². The molecule has 0 aliphatic carbocycles. The van der Waals surface area contributed by atoms with Gasteiger partial charge in [-0.3, -0.25) is 0 Å². The molecule has 1 unspecified atom stereocenters. The predicted octanol–water partition coefficient (Wildman–Crippen LogP) is 1.80. The Balaban J connectivity index is 2.66. The third kappa shape index (κ3) is 1.83. The molecule has 1 heterocycles. The highest BCUT2D eigenvalue weighted by atomic mass is 16.5. The minimum absolute atomic E-state index is 0.194. The van der Waals surface area contributed by atoms with Crippen LogP contribution in [0, 0.1) is 0 Å². The molecule has 7 heteroatoms. The van der Waals surface area contributed by atoms with Crippen LogP contribution in [0.25, 0.3) is 0 Å². The molecule has 0 saturated carbocycles. The summed E-state index contributed by atoms with van der Waals surface area (Å²) in [5, 5.41) is 13.6. The molecule has 0 spiro atoms. The Morgan fingerprint density at radius 3 is 2.55 bits per heavy atom. The molecule has 2 rings (SSSR count).